The first kappa shape index (κ1) is 19.5. The molecular weight excluding hydrogens is 407 g/mol. The van der Waals surface area contributed by atoms with Crippen LogP contribution in [0.5, 0.6) is 0 Å². The summed E-state index contributed by atoms with van der Waals surface area (Å²) in [6.07, 6.45) is 1.68. The van der Waals surface area contributed by atoms with Crippen molar-refractivity contribution in [1.29, 1.82) is 0 Å². The van der Waals surface area contributed by atoms with Gasteiger partial charge in [0.2, 0.25) is 0 Å². The third-order valence-electron chi connectivity index (χ3n) is 3.72. The van der Waals surface area contributed by atoms with E-state index >= 15 is 0 Å². The molecule has 5 nitrogen and oxygen atoms in total. The number of imide groups is 1. The molecule has 2 aromatic carbocycles. The summed E-state index contributed by atoms with van der Waals surface area (Å²) >= 11 is 12.6. The zero-order chi connectivity index (χ0) is 19.4. The fourth-order valence-electron chi connectivity index (χ4n) is 2.46. The Morgan fingerprint density at radius 2 is 1.74 bits per heavy atom. The highest BCUT2D eigenvalue weighted by Gasteiger charge is 2.34. The van der Waals surface area contributed by atoms with E-state index in [1.165, 1.54) is 18.2 Å². The Bertz CT molecular complexity index is 912. The minimum atomic E-state index is -0.383. The summed E-state index contributed by atoms with van der Waals surface area (Å²) < 4.78 is 0. The van der Waals surface area contributed by atoms with Crippen LogP contribution in [0.4, 0.5) is 4.79 Å². The summed E-state index contributed by atoms with van der Waals surface area (Å²) in [6, 6.07) is 13.8. The number of nitrogens with zero attached hydrogens (tertiary/aromatic N) is 1. The van der Waals surface area contributed by atoms with E-state index in [0.717, 1.165) is 22.2 Å². The number of carbonyl (C=O) groups excluding carboxylic acids is 3. The number of nitrogens with one attached hydrogen (secondary N) is 1. The summed E-state index contributed by atoms with van der Waals surface area (Å²) in [6.45, 7) is 0.205. The first-order valence-corrected chi connectivity index (χ1v) is 9.56. The van der Waals surface area contributed by atoms with Crippen molar-refractivity contribution in [2.45, 2.75) is 0 Å². The highest BCUT2D eigenvalue weighted by atomic mass is 35.5. The zero-order valence-corrected chi connectivity index (χ0v) is 16.3. The molecule has 2 aromatic rings. The second-order valence-corrected chi connectivity index (χ2v) is 7.52. The Labute approximate surface area is 170 Å². The molecule has 1 N–H and O–H groups in total. The van der Waals surface area contributed by atoms with Crippen LogP contribution in [-0.4, -0.2) is 35.0 Å². The SMILES string of the molecule is O=C(NCCN1C(=O)SC(=Cc2ccccc2)C1=O)c1cc(Cl)cc(Cl)c1. The summed E-state index contributed by atoms with van der Waals surface area (Å²) in [4.78, 5) is 38.2. The molecule has 8 heteroatoms. The number of benzene rings is 2. The van der Waals surface area contributed by atoms with Crippen LogP contribution in [0.3, 0.4) is 0 Å². The molecule has 1 saturated heterocycles. The lowest BCUT2D eigenvalue weighted by Crippen LogP contribution is -2.37. The van der Waals surface area contributed by atoms with Crippen LogP contribution in [0.2, 0.25) is 10.0 Å². The molecule has 1 heterocycles. The third-order valence-corrected chi connectivity index (χ3v) is 5.06. The maximum atomic E-state index is 12.4. The maximum absolute atomic E-state index is 12.4. The van der Waals surface area contributed by atoms with Gasteiger partial charge in [0.25, 0.3) is 17.1 Å². The van der Waals surface area contributed by atoms with Gasteiger partial charge in [0, 0.05) is 28.7 Å². The van der Waals surface area contributed by atoms with E-state index in [9.17, 15) is 14.4 Å². The lowest BCUT2D eigenvalue weighted by molar-refractivity contribution is -0.122. The van der Waals surface area contributed by atoms with Gasteiger partial charge in [-0.25, -0.2) is 0 Å². The first-order chi connectivity index (χ1) is 12.9. The Morgan fingerprint density at radius 3 is 2.41 bits per heavy atom. The fraction of sp³-hybridized carbons (Fsp3) is 0.105. The molecule has 0 radical (unpaired) electrons. The van der Waals surface area contributed by atoms with E-state index in [4.69, 9.17) is 23.2 Å². The van der Waals surface area contributed by atoms with Crippen LogP contribution < -0.4 is 5.32 Å². The van der Waals surface area contributed by atoms with Gasteiger partial charge in [0.1, 0.15) is 0 Å². The summed E-state index contributed by atoms with van der Waals surface area (Å²) in [7, 11) is 0. The molecule has 3 rings (SSSR count). The zero-order valence-electron chi connectivity index (χ0n) is 13.9. The average Bonchev–Trinajstić information content (AvgIpc) is 2.89. The van der Waals surface area contributed by atoms with Crippen molar-refractivity contribution in [2.75, 3.05) is 13.1 Å². The minimum Gasteiger partial charge on any atom is -0.350 e. The molecule has 1 aliphatic heterocycles. The van der Waals surface area contributed by atoms with Crippen molar-refractivity contribution in [3.05, 3.63) is 74.6 Å². The van der Waals surface area contributed by atoms with Crippen molar-refractivity contribution in [1.82, 2.24) is 10.2 Å². The number of rotatable bonds is 5. The van der Waals surface area contributed by atoms with Crippen molar-refractivity contribution in [3.8, 4) is 0 Å². The average molecular weight is 421 g/mol. The highest BCUT2D eigenvalue weighted by Crippen LogP contribution is 2.31. The number of hydrogen-bond acceptors (Lipinski definition) is 4. The third kappa shape index (κ3) is 4.91. The highest BCUT2D eigenvalue weighted by molar-refractivity contribution is 8.18. The standard InChI is InChI=1S/C19H14Cl2N2O3S/c20-14-9-13(10-15(21)11-14)17(24)22-6-7-23-18(25)16(27-19(23)26)8-12-4-2-1-3-5-12/h1-5,8-11H,6-7H2,(H,22,24). The van der Waals surface area contributed by atoms with E-state index in [1.54, 1.807) is 6.08 Å². The van der Waals surface area contributed by atoms with Gasteiger partial charge >= 0.3 is 0 Å². The van der Waals surface area contributed by atoms with E-state index in [0.29, 0.717) is 20.5 Å². The molecule has 0 aliphatic carbocycles. The van der Waals surface area contributed by atoms with Crippen LogP contribution >= 0.6 is 35.0 Å². The van der Waals surface area contributed by atoms with Crippen LogP contribution in [0.25, 0.3) is 6.08 Å². The maximum Gasteiger partial charge on any atom is 0.293 e. The number of halogens is 2. The van der Waals surface area contributed by atoms with E-state index in [2.05, 4.69) is 5.32 Å². The molecule has 0 saturated carbocycles. The Morgan fingerprint density at radius 1 is 1.07 bits per heavy atom. The van der Waals surface area contributed by atoms with Crippen molar-refractivity contribution >= 4 is 58.1 Å². The van der Waals surface area contributed by atoms with E-state index in [-0.39, 0.29) is 30.1 Å². The van der Waals surface area contributed by atoms with Gasteiger partial charge in [-0.3, -0.25) is 19.3 Å². The second-order valence-electron chi connectivity index (χ2n) is 5.66. The molecule has 0 unspecified atom stereocenters. The number of carbonyl (C=O) groups is 3. The smallest absolute Gasteiger partial charge is 0.293 e. The molecular formula is C19H14Cl2N2O3S. The molecule has 3 amide bonds. The van der Waals surface area contributed by atoms with Gasteiger partial charge in [-0.05, 0) is 41.6 Å². The van der Waals surface area contributed by atoms with Gasteiger partial charge in [-0.1, -0.05) is 53.5 Å². The number of amides is 3. The van der Waals surface area contributed by atoms with Crippen LogP contribution in [0, 0.1) is 0 Å². The quantitative estimate of drug-likeness (QED) is 0.724. The molecule has 0 bridgehead atoms. The normalized spacial score (nSPS) is 15.5. The Balaban J connectivity index is 1.59. The molecule has 1 fully saturated rings. The lowest BCUT2D eigenvalue weighted by atomic mass is 10.2. The van der Waals surface area contributed by atoms with E-state index < -0.39 is 0 Å². The summed E-state index contributed by atoms with van der Waals surface area (Å²) in [5.41, 5.74) is 1.15. The predicted molar refractivity (Wildman–Crippen MR) is 108 cm³/mol. The Kier molecular flexibility index (Phi) is 6.21. The summed E-state index contributed by atoms with van der Waals surface area (Å²) in [5.74, 6) is -0.750. The monoisotopic (exact) mass is 420 g/mol. The van der Waals surface area contributed by atoms with Gasteiger partial charge in [-0.2, -0.15) is 0 Å². The van der Waals surface area contributed by atoms with Gasteiger partial charge in [-0.15, -0.1) is 0 Å². The lowest BCUT2D eigenvalue weighted by Gasteiger charge is -2.13. The number of thioether (sulfide) groups is 1. The topological polar surface area (TPSA) is 66.5 Å². The van der Waals surface area contributed by atoms with Gasteiger partial charge in [0.05, 0.1) is 4.91 Å². The first-order valence-electron chi connectivity index (χ1n) is 7.99. The van der Waals surface area contributed by atoms with Crippen LogP contribution in [-0.2, 0) is 4.79 Å². The summed E-state index contributed by atoms with van der Waals surface area (Å²) in [5, 5.41) is 3.00. The van der Waals surface area contributed by atoms with Gasteiger partial charge in [0.15, 0.2) is 0 Å². The van der Waals surface area contributed by atoms with Crippen molar-refractivity contribution in [3.63, 3.8) is 0 Å². The molecule has 1 aliphatic rings. The van der Waals surface area contributed by atoms with E-state index in [1.807, 2.05) is 30.3 Å². The van der Waals surface area contributed by atoms with Crippen LogP contribution in [0.15, 0.2) is 53.4 Å². The predicted octanol–water partition coefficient (Wildman–Crippen LogP) is 4.46. The number of hydrogen-bond donors (Lipinski definition) is 1. The molecule has 138 valence electrons. The molecule has 27 heavy (non-hydrogen) atoms. The van der Waals surface area contributed by atoms with Crippen LogP contribution in [0.1, 0.15) is 15.9 Å². The van der Waals surface area contributed by atoms with Crippen molar-refractivity contribution < 1.29 is 14.4 Å². The minimum absolute atomic E-state index is 0.0802. The van der Waals surface area contributed by atoms with Gasteiger partial charge < -0.3 is 5.32 Å². The fourth-order valence-corrected chi connectivity index (χ4v) is 3.85. The molecule has 0 atom stereocenters. The largest absolute Gasteiger partial charge is 0.350 e. The Hall–Kier alpha value is -2.28. The molecule has 0 aromatic heterocycles. The second kappa shape index (κ2) is 8.61. The van der Waals surface area contributed by atoms with Crippen molar-refractivity contribution in [2.24, 2.45) is 0 Å². The molecule has 0 spiro atoms.